The molecule has 2 rings (SSSR count). The average Bonchev–Trinajstić information content (AvgIpc) is 2.70. The van der Waals surface area contributed by atoms with Crippen LogP contribution in [0.4, 0.5) is 0 Å². The number of nitrogens with two attached hydrogens (primary N) is 1. The molecule has 0 aromatic heterocycles. The van der Waals surface area contributed by atoms with Crippen LogP contribution in [0, 0.1) is 11.8 Å². The fourth-order valence-electron chi connectivity index (χ4n) is 4.24. The smallest absolute Gasteiger partial charge is 0.119 e. The number of rotatable bonds is 16. The topological polar surface area (TPSA) is 75.7 Å². The van der Waals surface area contributed by atoms with Gasteiger partial charge in [0.05, 0.1) is 24.9 Å². The van der Waals surface area contributed by atoms with Crippen LogP contribution in [-0.2, 0) is 6.42 Å². The molecule has 4 N–H and O–H groups in total. The standard InChI is InChI=1S/C26H45NO3/c1-21(2)10-7-5-3-4-6-8-17-30-24-15-13-22(14-16-24)18-25(29)26(27,20-28)19-23-11-9-12-23/h13-16,21,23,25,28-29H,3-12,17-20,27H2,1-2H3/t25-,26?/m0/s1. The summed E-state index contributed by atoms with van der Waals surface area (Å²) in [5, 5.41) is 20.4. The van der Waals surface area contributed by atoms with Crippen LogP contribution in [0.25, 0.3) is 0 Å². The molecule has 0 saturated heterocycles. The van der Waals surface area contributed by atoms with E-state index < -0.39 is 11.6 Å². The quantitative estimate of drug-likeness (QED) is 0.320. The molecule has 4 heteroatoms. The summed E-state index contributed by atoms with van der Waals surface area (Å²) in [7, 11) is 0. The number of hydrogen-bond donors (Lipinski definition) is 3. The molecule has 1 aromatic rings. The van der Waals surface area contributed by atoms with E-state index in [1.165, 1.54) is 44.9 Å². The molecule has 0 aliphatic heterocycles. The first-order chi connectivity index (χ1) is 14.4. The van der Waals surface area contributed by atoms with Crippen LogP contribution in [0.5, 0.6) is 5.75 Å². The van der Waals surface area contributed by atoms with E-state index in [2.05, 4.69) is 13.8 Å². The molecule has 1 fully saturated rings. The summed E-state index contributed by atoms with van der Waals surface area (Å²) in [6, 6.07) is 7.93. The second-order valence-corrected chi connectivity index (χ2v) is 9.91. The van der Waals surface area contributed by atoms with Gasteiger partial charge in [-0.1, -0.05) is 83.8 Å². The van der Waals surface area contributed by atoms with Gasteiger partial charge in [0.15, 0.2) is 0 Å². The summed E-state index contributed by atoms with van der Waals surface area (Å²) in [6.07, 6.45) is 13.0. The SMILES string of the molecule is CC(C)CCCCCCCCOc1ccc(C[C@H](O)C(N)(CO)CC2CCC2)cc1. The van der Waals surface area contributed by atoms with Crippen LogP contribution in [-0.4, -0.2) is 35.1 Å². The van der Waals surface area contributed by atoms with Gasteiger partial charge in [0.1, 0.15) is 5.75 Å². The van der Waals surface area contributed by atoms with Crippen LogP contribution >= 0.6 is 0 Å². The van der Waals surface area contributed by atoms with Crippen molar-refractivity contribution < 1.29 is 14.9 Å². The highest BCUT2D eigenvalue weighted by Gasteiger charge is 2.37. The third kappa shape index (κ3) is 8.95. The van der Waals surface area contributed by atoms with Crippen LogP contribution in [0.3, 0.4) is 0 Å². The van der Waals surface area contributed by atoms with Crippen molar-refractivity contribution in [3.05, 3.63) is 29.8 Å². The van der Waals surface area contributed by atoms with Crippen molar-refractivity contribution >= 4 is 0 Å². The van der Waals surface area contributed by atoms with E-state index in [1.807, 2.05) is 24.3 Å². The highest BCUT2D eigenvalue weighted by Crippen LogP contribution is 2.34. The number of hydrogen-bond acceptors (Lipinski definition) is 4. The number of aliphatic hydroxyl groups is 2. The molecule has 30 heavy (non-hydrogen) atoms. The molecule has 2 atom stereocenters. The summed E-state index contributed by atoms with van der Waals surface area (Å²) in [6.45, 7) is 5.17. The first-order valence-corrected chi connectivity index (χ1v) is 12.2. The van der Waals surface area contributed by atoms with Gasteiger partial charge in [-0.25, -0.2) is 0 Å². The minimum absolute atomic E-state index is 0.177. The van der Waals surface area contributed by atoms with Gasteiger partial charge in [-0.3, -0.25) is 0 Å². The van der Waals surface area contributed by atoms with E-state index >= 15 is 0 Å². The molecule has 1 saturated carbocycles. The summed E-state index contributed by atoms with van der Waals surface area (Å²) in [4.78, 5) is 0. The van der Waals surface area contributed by atoms with E-state index in [0.29, 0.717) is 18.8 Å². The van der Waals surface area contributed by atoms with Gasteiger partial charge in [0.2, 0.25) is 0 Å². The lowest BCUT2D eigenvalue weighted by Gasteiger charge is -2.38. The predicted molar refractivity (Wildman–Crippen MR) is 125 cm³/mol. The Morgan fingerprint density at radius 1 is 1.03 bits per heavy atom. The molecule has 4 nitrogen and oxygen atoms in total. The van der Waals surface area contributed by atoms with Crippen molar-refractivity contribution in [2.24, 2.45) is 17.6 Å². The Hall–Kier alpha value is -1.10. The van der Waals surface area contributed by atoms with Crippen molar-refractivity contribution in [3.8, 4) is 5.75 Å². The molecule has 1 aromatic carbocycles. The van der Waals surface area contributed by atoms with Crippen molar-refractivity contribution in [1.82, 2.24) is 0 Å². The van der Waals surface area contributed by atoms with Crippen molar-refractivity contribution in [3.63, 3.8) is 0 Å². The normalized spacial score (nSPS) is 17.5. The van der Waals surface area contributed by atoms with E-state index in [0.717, 1.165) is 43.1 Å². The fraction of sp³-hybridized carbons (Fsp3) is 0.769. The minimum Gasteiger partial charge on any atom is -0.494 e. The van der Waals surface area contributed by atoms with Crippen molar-refractivity contribution in [2.45, 2.75) is 103 Å². The average molecular weight is 420 g/mol. The second kappa shape index (κ2) is 13.3. The monoisotopic (exact) mass is 419 g/mol. The zero-order valence-electron chi connectivity index (χ0n) is 19.3. The van der Waals surface area contributed by atoms with E-state index in [9.17, 15) is 10.2 Å². The maximum atomic E-state index is 10.6. The predicted octanol–water partition coefficient (Wildman–Crippen LogP) is 5.24. The van der Waals surface area contributed by atoms with E-state index in [-0.39, 0.29) is 6.61 Å². The van der Waals surface area contributed by atoms with Crippen LogP contribution in [0.15, 0.2) is 24.3 Å². The summed E-state index contributed by atoms with van der Waals surface area (Å²) < 4.78 is 5.86. The lowest BCUT2D eigenvalue weighted by atomic mass is 9.73. The Labute approximate surface area is 184 Å². The van der Waals surface area contributed by atoms with Gasteiger partial charge < -0.3 is 20.7 Å². The molecular weight excluding hydrogens is 374 g/mol. The largest absolute Gasteiger partial charge is 0.494 e. The first-order valence-electron chi connectivity index (χ1n) is 12.2. The number of unbranched alkanes of at least 4 members (excludes halogenated alkanes) is 5. The van der Waals surface area contributed by atoms with Gasteiger partial charge in [0.25, 0.3) is 0 Å². The highest BCUT2D eigenvalue weighted by molar-refractivity contribution is 5.28. The molecule has 1 aliphatic carbocycles. The third-order valence-corrected chi connectivity index (χ3v) is 6.65. The molecule has 1 aliphatic rings. The van der Waals surface area contributed by atoms with E-state index in [4.69, 9.17) is 10.5 Å². The number of aliphatic hydroxyl groups excluding tert-OH is 2. The Morgan fingerprint density at radius 2 is 1.67 bits per heavy atom. The van der Waals surface area contributed by atoms with Gasteiger partial charge in [-0.15, -0.1) is 0 Å². The van der Waals surface area contributed by atoms with Crippen molar-refractivity contribution in [1.29, 1.82) is 0 Å². The zero-order chi connectivity index (χ0) is 21.8. The maximum Gasteiger partial charge on any atom is 0.119 e. The molecule has 0 heterocycles. The van der Waals surface area contributed by atoms with Crippen LogP contribution in [0.1, 0.15) is 90.0 Å². The fourth-order valence-corrected chi connectivity index (χ4v) is 4.24. The summed E-state index contributed by atoms with van der Waals surface area (Å²) in [5.74, 6) is 2.25. The molecular formula is C26H45NO3. The van der Waals surface area contributed by atoms with Crippen LogP contribution in [0.2, 0.25) is 0 Å². The van der Waals surface area contributed by atoms with Crippen LogP contribution < -0.4 is 10.5 Å². The minimum atomic E-state index is -0.908. The Kier molecular flexibility index (Phi) is 11.2. The number of ether oxygens (including phenoxy) is 1. The Balaban J connectivity index is 1.62. The Bertz CT molecular complexity index is 570. The van der Waals surface area contributed by atoms with Gasteiger partial charge in [0, 0.05) is 6.42 Å². The van der Waals surface area contributed by atoms with E-state index in [1.54, 1.807) is 0 Å². The lowest BCUT2D eigenvalue weighted by molar-refractivity contribution is 0.0198. The summed E-state index contributed by atoms with van der Waals surface area (Å²) in [5.41, 5.74) is 6.46. The maximum absolute atomic E-state index is 10.6. The lowest BCUT2D eigenvalue weighted by Crippen LogP contribution is -2.56. The van der Waals surface area contributed by atoms with Crippen molar-refractivity contribution in [2.75, 3.05) is 13.2 Å². The molecule has 0 spiro atoms. The van der Waals surface area contributed by atoms with Gasteiger partial charge in [-0.05, 0) is 42.4 Å². The number of benzene rings is 1. The molecule has 1 unspecified atom stereocenters. The Morgan fingerprint density at radius 3 is 2.23 bits per heavy atom. The highest BCUT2D eigenvalue weighted by atomic mass is 16.5. The molecule has 0 radical (unpaired) electrons. The first kappa shape index (κ1) is 25.2. The summed E-state index contributed by atoms with van der Waals surface area (Å²) >= 11 is 0. The van der Waals surface area contributed by atoms with Gasteiger partial charge >= 0.3 is 0 Å². The third-order valence-electron chi connectivity index (χ3n) is 6.65. The molecule has 0 amide bonds. The zero-order valence-corrected chi connectivity index (χ0v) is 19.3. The second-order valence-electron chi connectivity index (χ2n) is 9.91. The molecule has 0 bridgehead atoms. The molecule has 172 valence electrons. The van der Waals surface area contributed by atoms with Gasteiger partial charge in [-0.2, -0.15) is 0 Å².